The third-order valence-electron chi connectivity index (χ3n) is 10.2. The zero-order valence-corrected chi connectivity index (χ0v) is 29.7. The lowest BCUT2D eigenvalue weighted by Crippen LogP contribution is -2.25. The molecule has 0 radical (unpaired) electrons. The molecule has 0 spiro atoms. The van der Waals surface area contributed by atoms with Crippen LogP contribution in [-0.4, -0.2) is 60.2 Å². The van der Waals surface area contributed by atoms with Crippen molar-refractivity contribution in [2.24, 2.45) is 0 Å². The minimum absolute atomic E-state index is 0.0651. The summed E-state index contributed by atoms with van der Waals surface area (Å²) in [6.07, 6.45) is 1.48. The standard InChI is InChI=1S/C45H38O11/c46-22-36(23-47)54-35-18-28(17-34(53)20-35)41-43-37(14-3-24-1-8-29(48)9-2-24)42-38(21-39(43)56-45(41)26-6-12-31(50)13-7-26)55-44(25-4-10-30(49)11-5-25)40(42)27-15-32(51)19-33(52)16-27/h1-21,36,40-41,44-53H,22-23H2/b14-3+/t40-,41+,44+,45-/m0/s1. The van der Waals surface area contributed by atoms with E-state index in [0.717, 1.165) is 11.1 Å². The zero-order chi connectivity index (χ0) is 39.1. The molecule has 0 amide bonds. The number of fused-ring (bicyclic) bond motifs is 2. The fourth-order valence-corrected chi connectivity index (χ4v) is 7.69. The Hall–Kier alpha value is -6.82. The normalized spacial score (nSPS) is 18.4. The van der Waals surface area contributed by atoms with E-state index in [1.54, 1.807) is 103 Å². The molecule has 2 aliphatic heterocycles. The Morgan fingerprint density at radius 1 is 0.482 bits per heavy atom. The van der Waals surface area contributed by atoms with Gasteiger partial charge in [-0.3, -0.25) is 0 Å². The van der Waals surface area contributed by atoms with Crippen LogP contribution in [0.1, 0.15) is 68.6 Å². The van der Waals surface area contributed by atoms with E-state index >= 15 is 0 Å². The first-order valence-corrected chi connectivity index (χ1v) is 17.9. The zero-order valence-electron chi connectivity index (χ0n) is 29.7. The summed E-state index contributed by atoms with van der Waals surface area (Å²) in [5.74, 6) is -0.296. The minimum Gasteiger partial charge on any atom is -0.508 e. The highest BCUT2D eigenvalue weighted by Crippen LogP contribution is 2.60. The minimum atomic E-state index is -0.940. The Morgan fingerprint density at radius 2 is 0.929 bits per heavy atom. The summed E-state index contributed by atoms with van der Waals surface area (Å²) in [4.78, 5) is 0. The van der Waals surface area contributed by atoms with E-state index in [-0.39, 0.29) is 40.2 Å². The van der Waals surface area contributed by atoms with Crippen molar-refractivity contribution in [1.82, 2.24) is 0 Å². The van der Waals surface area contributed by atoms with Gasteiger partial charge in [-0.05, 0) is 94.0 Å². The first-order chi connectivity index (χ1) is 27.1. The number of benzene rings is 6. The maximum atomic E-state index is 11.1. The molecule has 2 aliphatic rings. The highest BCUT2D eigenvalue weighted by Gasteiger charge is 2.46. The number of hydrogen-bond donors (Lipinski definition) is 8. The van der Waals surface area contributed by atoms with Gasteiger partial charge in [0.05, 0.1) is 25.0 Å². The molecule has 6 aromatic rings. The van der Waals surface area contributed by atoms with Crippen LogP contribution in [0, 0.1) is 0 Å². The van der Waals surface area contributed by atoms with E-state index in [9.17, 15) is 40.9 Å². The average Bonchev–Trinajstić information content (AvgIpc) is 3.75. The van der Waals surface area contributed by atoms with E-state index in [2.05, 4.69) is 0 Å². The highest BCUT2D eigenvalue weighted by molar-refractivity contribution is 5.80. The van der Waals surface area contributed by atoms with Crippen molar-refractivity contribution in [3.8, 4) is 51.7 Å². The molecule has 4 atom stereocenters. The van der Waals surface area contributed by atoms with Crippen molar-refractivity contribution in [2.75, 3.05) is 13.2 Å². The molecule has 0 fully saturated rings. The van der Waals surface area contributed by atoms with Crippen molar-refractivity contribution in [3.05, 3.63) is 160 Å². The summed E-state index contributed by atoms with van der Waals surface area (Å²) in [6.45, 7) is -0.918. The fraction of sp³-hybridized carbons (Fsp3) is 0.156. The van der Waals surface area contributed by atoms with Crippen molar-refractivity contribution in [2.45, 2.75) is 30.1 Å². The average molecular weight is 755 g/mol. The molecular formula is C45H38O11. The number of aliphatic hydroxyl groups is 2. The van der Waals surface area contributed by atoms with Crippen molar-refractivity contribution < 1.29 is 55.1 Å². The highest BCUT2D eigenvalue weighted by atomic mass is 16.5. The number of phenols is 6. The molecule has 11 heteroatoms. The molecule has 6 aromatic carbocycles. The number of aliphatic hydroxyl groups excluding tert-OH is 2. The van der Waals surface area contributed by atoms with Crippen LogP contribution in [-0.2, 0) is 0 Å². The van der Waals surface area contributed by atoms with E-state index in [0.29, 0.717) is 44.9 Å². The number of rotatable bonds is 10. The lowest BCUT2D eigenvalue weighted by atomic mass is 9.77. The van der Waals surface area contributed by atoms with Crippen LogP contribution in [0.2, 0.25) is 0 Å². The van der Waals surface area contributed by atoms with Gasteiger partial charge in [-0.25, -0.2) is 0 Å². The molecule has 0 saturated carbocycles. The lowest BCUT2D eigenvalue weighted by Gasteiger charge is -2.24. The Kier molecular flexibility index (Phi) is 9.55. The van der Waals surface area contributed by atoms with Crippen LogP contribution in [0.25, 0.3) is 12.2 Å². The second kappa shape index (κ2) is 14.8. The smallest absolute Gasteiger partial charge is 0.145 e. The second-order valence-corrected chi connectivity index (χ2v) is 13.9. The third-order valence-corrected chi connectivity index (χ3v) is 10.2. The predicted molar refractivity (Wildman–Crippen MR) is 207 cm³/mol. The molecule has 0 aliphatic carbocycles. The number of aromatic hydroxyl groups is 6. The van der Waals surface area contributed by atoms with Gasteiger partial charge in [0.1, 0.15) is 70.1 Å². The van der Waals surface area contributed by atoms with Gasteiger partial charge in [0.15, 0.2) is 0 Å². The summed E-state index contributed by atoms with van der Waals surface area (Å²) >= 11 is 0. The Morgan fingerprint density at radius 3 is 1.41 bits per heavy atom. The number of hydrogen-bond acceptors (Lipinski definition) is 11. The molecule has 8 rings (SSSR count). The van der Waals surface area contributed by atoms with Crippen LogP contribution < -0.4 is 14.2 Å². The van der Waals surface area contributed by atoms with Crippen LogP contribution >= 0.6 is 0 Å². The van der Waals surface area contributed by atoms with Gasteiger partial charge in [-0.1, -0.05) is 48.6 Å². The van der Waals surface area contributed by atoms with Crippen molar-refractivity contribution in [3.63, 3.8) is 0 Å². The quantitative estimate of drug-likeness (QED) is 0.0653. The maximum Gasteiger partial charge on any atom is 0.145 e. The van der Waals surface area contributed by atoms with Crippen LogP contribution in [0.15, 0.2) is 115 Å². The molecule has 0 saturated heterocycles. The molecule has 0 bridgehead atoms. The molecular weight excluding hydrogens is 716 g/mol. The number of phenolic OH excluding ortho intramolecular Hbond substituents is 6. The van der Waals surface area contributed by atoms with Gasteiger partial charge in [-0.15, -0.1) is 0 Å². The SMILES string of the molecule is OCC(CO)Oc1cc(O)cc([C@@H]2c3c(cc4c(c3/C=C/c3ccc(O)cc3)[C@H](c3cc(O)cc(O)c3)[C@@H](c3ccc(O)cc3)O4)O[C@H]2c2ccc(O)cc2)c1. The van der Waals surface area contributed by atoms with Gasteiger partial charge in [-0.2, -0.15) is 0 Å². The van der Waals surface area contributed by atoms with E-state index < -0.39 is 43.4 Å². The van der Waals surface area contributed by atoms with Crippen LogP contribution in [0.3, 0.4) is 0 Å². The predicted octanol–water partition coefficient (Wildman–Crippen LogP) is 7.35. The van der Waals surface area contributed by atoms with Gasteiger partial charge in [0.2, 0.25) is 0 Å². The summed E-state index contributed by atoms with van der Waals surface area (Å²) in [6, 6.07) is 30.8. The largest absolute Gasteiger partial charge is 0.508 e. The summed E-state index contributed by atoms with van der Waals surface area (Å²) in [7, 11) is 0. The monoisotopic (exact) mass is 754 g/mol. The van der Waals surface area contributed by atoms with E-state index in [4.69, 9.17) is 14.2 Å². The molecule has 0 aromatic heterocycles. The molecule has 2 heterocycles. The Balaban J connectivity index is 1.40. The first kappa shape index (κ1) is 36.2. The van der Waals surface area contributed by atoms with Crippen LogP contribution in [0.5, 0.6) is 51.7 Å². The summed E-state index contributed by atoms with van der Waals surface area (Å²) < 4.78 is 19.5. The number of ether oxygens (including phenoxy) is 3. The molecule has 56 heavy (non-hydrogen) atoms. The van der Waals surface area contributed by atoms with Crippen LogP contribution in [0.4, 0.5) is 0 Å². The lowest BCUT2D eigenvalue weighted by molar-refractivity contribution is 0.0627. The third kappa shape index (κ3) is 6.97. The molecule has 11 nitrogen and oxygen atoms in total. The van der Waals surface area contributed by atoms with E-state index in [1.807, 2.05) is 12.2 Å². The summed E-state index contributed by atoms with van der Waals surface area (Å²) in [5, 5.41) is 82.5. The van der Waals surface area contributed by atoms with Crippen molar-refractivity contribution >= 4 is 12.2 Å². The molecule has 0 unspecified atom stereocenters. The van der Waals surface area contributed by atoms with Gasteiger partial charge < -0.3 is 55.1 Å². The second-order valence-electron chi connectivity index (χ2n) is 13.9. The van der Waals surface area contributed by atoms with Gasteiger partial charge in [0.25, 0.3) is 0 Å². The maximum absolute atomic E-state index is 11.1. The Labute approximate surface area is 321 Å². The van der Waals surface area contributed by atoms with Crippen molar-refractivity contribution in [1.29, 1.82) is 0 Å². The first-order valence-electron chi connectivity index (χ1n) is 17.9. The van der Waals surface area contributed by atoms with Gasteiger partial charge in [0, 0.05) is 29.3 Å². The van der Waals surface area contributed by atoms with E-state index in [1.165, 1.54) is 12.1 Å². The molecule has 8 N–H and O–H groups in total. The van der Waals surface area contributed by atoms with Gasteiger partial charge >= 0.3 is 0 Å². The Bertz CT molecular complexity index is 2380. The fourth-order valence-electron chi connectivity index (χ4n) is 7.69. The summed E-state index contributed by atoms with van der Waals surface area (Å²) in [5.41, 5.74) is 5.43. The topological polar surface area (TPSA) is 190 Å². The molecule has 284 valence electrons.